The van der Waals surface area contributed by atoms with Gasteiger partial charge in [-0.3, -0.25) is 0 Å². The van der Waals surface area contributed by atoms with Gasteiger partial charge in [-0.1, -0.05) is 5.21 Å². The van der Waals surface area contributed by atoms with Crippen molar-refractivity contribution < 1.29 is 18.9 Å². The molecule has 2 aliphatic rings. The molecular formula is C16H19N3O4. The van der Waals surface area contributed by atoms with Gasteiger partial charge in [0.1, 0.15) is 31.1 Å². The average Bonchev–Trinajstić information content (AvgIpc) is 3.23. The monoisotopic (exact) mass is 317 g/mol. The Morgan fingerprint density at radius 2 is 2.09 bits per heavy atom. The summed E-state index contributed by atoms with van der Waals surface area (Å²) < 4.78 is 24.2. The van der Waals surface area contributed by atoms with Crippen molar-refractivity contribution in [2.45, 2.75) is 19.1 Å². The molecule has 1 aromatic heterocycles. The first-order valence-electron chi connectivity index (χ1n) is 7.86. The third kappa shape index (κ3) is 2.77. The van der Waals surface area contributed by atoms with Gasteiger partial charge < -0.3 is 18.9 Å². The minimum atomic E-state index is 0.0230. The summed E-state index contributed by atoms with van der Waals surface area (Å²) in [6.07, 6.45) is 1.95. The van der Waals surface area contributed by atoms with Gasteiger partial charge in [0.2, 0.25) is 0 Å². The predicted molar refractivity (Wildman–Crippen MR) is 81.7 cm³/mol. The first kappa shape index (κ1) is 14.5. The van der Waals surface area contributed by atoms with E-state index in [1.807, 2.05) is 36.0 Å². The standard InChI is InChI=1S/C16H19N3O4/c1-2-21-16-10-20-9-13(16)19-8-12(17-18-19)11-3-4-14-15(7-11)23-6-5-22-14/h3-4,7-8,13,16H,2,5-6,9-10H2,1H3/t13-,16-/m0/s1. The lowest BCUT2D eigenvalue weighted by molar-refractivity contribution is 0.0340. The molecule has 122 valence electrons. The maximum Gasteiger partial charge on any atom is 0.162 e. The number of nitrogens with zero attached hydrogens (tertiary/aromatic N) is 3. The number of hydrogen-bond acceptors (Lipinski definition) is 6. The van der Waals surface area contributed by atoms with Crippen LogP contribution in [0.5, 0.6) is 11.5 Å². The van der Waals surface area contributed by atoms with Crippen LogP contribution in [0.15, 0.2) is 24.4 Å². The predicted octanol–water partition coefficient (Wildman–Crippen LogP) is 1.69. The molecule has 0 N–H and O–H groups in total. The Morgan fingerprint density at radius 3 is 2.96 bits per heavy atom. The van der Waals surface area contributed by atoms with Crippen LogP contribution in [0.25, 0.3) is 11.3 Å². The Morgan fingerprint density at radius 1 is 1.22 bits per heavy atom. The second-order valence-corrected chi connectivity index (χ2v) is 5.54. The Hall–Kier alpha value is -2.12. The summed E-state index contributed by atoms with van der Waals surface area (Å²) in [5, 5.41) is 8.53. The molecule has 0 saturated carbocycles. The van der Waals surface area contributed by atoms with Gasteiger partial charge in [0.25, 0.3) is 0 Å². The molecule has 1 saturated heterocycles. The Labute approximate surface area is 134 Å². The van der Waals surface area contributed by atoms with E-state index in [2.05, 4.69) is 10.3 Å². The van der Waals surface area contributed by atoms with E-state index < -0.39 is 0 Å². The third-order valence-electron chi connectivity index (χ3n) is 4.07. The van der Waals surface area contributed by atoms with Crippen molar-refractivity contribution in [3.8, 4) is 22.8 Å². The van der Waals surface area contributed by atoms with Gasteiger partial charge in [0.05, 0.1) is 19.4 Å². The molecule has 0 bridgehead atoms. The van der Waals surface area contributed by atoms with E-state index in [0.29, 0.717) is 33.0 Å². The summed E-state index contributed by atoms with van der Waals surface area (Å²) >= 11 is 0. The minimum Gasteiger partial charge on any atom is -0.486 e. The number of rotatable bonds is 4. The van der Waals surface area contributed by atoms with E-state index in [9.17, 15) is 0 Å². The highest BCUT2D eigenvalue weighted by Crippen LogP contribution is 2.34. The van der Waals surface area contributed by atoms with Gasteiger partial charge >= 0.3 is 0 Å². The summed E-state index contributed by atoms with van der Waals surface area (Å²) in [4.78, 5) is 0. The Bertz CT molecular complexity index is 688. The Kier molecular flexibility index (Phi) is 3.88. The zero-order valence-electron chi connectivity index (χ0n) is 13.0. The summed E-state index contributed by atoms with van der Waals surface area (Å²) in [7, 11) is 0. The van der Waals surface area contributed by atoms with Crippen LogP contribution in [0.3, 0.4) is 0 Å². The lowest BCUT2D eigenvalue weighted by Crippen LogP contribution is -2.26. The SMILES string of the molecule is CCO[C@H]1COC[C@@H]1n1cc(-c2ccc3c(c2)OCCO3)nn1. The van der Waals surface area contributed by atoms with Crippen molar-refractivity contribution in [1.82, 2.24) is 15.0 Å². The van der Waals surface area contributed by atoms with E-state index in [0.717, 1.165) is 22.8 Å². The molecular weight excluding hydrogens is 298 g/mol. The average molecular weight is 317 g/mol. The quantitative estimate of drug-likeness (QED) is 0.855. The van der Waals surface area contributed by atoms with Gasteiger partial charge in [-0.05, 0) is 25.1 Å². The van der Waals surface area contributed by atoms with Gasteiger partial charge in [0.15, 0.2) is 11.5 Å². The largest absolute Gasteiger partial charge is 0.486 e. The van der Waals surface area contributed by atoms with E-state index in [1.54, 1.807) is 0 Å². The van der Waals surface area contributed by atoms with Gasteiger partial charge in [-0.25, -0.2) is 4.68 Å². The molecule has 2 atom stereocenters. The van der Waals surface area contributed by atoms with Crippen LogP contribution in [0.4, 0.5) is 0 Å². The number of aromatic nitrogens is 3. The molecule has 7 heteroatoms. The van der Waals surface area contributed by atoms with E-state index in [-0.39, 0.29) is 12.1 Å². The third-order valence-corrected chi connectivity index (χ3v) is 4.07. The molecule has 3 heterocycles. The molecule has 7 nitrogen and oxygen atoms in total. The molecule has 0 amide bonds. The van der Waals surface area contributed by atoms with Crippen LogP contribution in [0.1, 0.15) is 13.0 Å². The highest BCUT2D eigenvalue weighted by atomic mass is 16.6. The summed E-state index contributed by atoms with van der Waals surface area (Å²) in [5.41, 5.74) is 1.75. The molecule has 23 heavy (non-hydrogen) atoms. The second-order valence-electron chi connectivity index (χ2n) is 5.54. The molecule has 1 fully saturated rings. The number of fused-ring (bicyclic) bond motifs is 1. The molecule has 4 rings (SSSR count). The first-order valence-corrected chi connectivity index (χ1v) is 7.86. The highest BCUT2D eigenvalue weighted by Gasteiger charge is 2.31. The van der Waals surface area contributed by atoms with Crippen molar-refractivity contribution in [2.75, 3.05) is 33.0 Å². The highest BCUT2D eigenvalue weighted by molar-refractivity contribution is 5.63. The van der Waals surface area contributed by atoms with Crippen molar-refractivity contribution in [1.29, 1.82) is 0 Å². The van der Waals surface area contributed by atoms with Crippen LogP contribution in [-0.4, -0.2) is 54.1 Å². The lowest BCUT2D eigenvalue weighted by atomic mass is 10.1. The smallest absolute Gasteiger partial charge is 0.162 e. The fourth-order valence-electron chi connectivity index (χ4n) is 2.92. The maximum atomic E-state index is 5.71. The zero-order valence-corrected chi connectivity index (χ0v) is 13.0. The van der Waals surface area contributed by atoms with Crippen LogP contribution in [-0.2, 0) is 9.47 Å². The van der Waals surface area contributed by atoms with Gasteiger partial charge in [-0.2, -0.15) is 0 Å². The van der Waals surface area contributed by atoms with Crippen LogP contribution in [0, 0.1) is 0 Å². The fourth-order valence-corrected chi connectivity index (χ4v) is 2.92. The van der Waals surface area contributed by atoms with Gasteiger partial charge in [-0.15, -0.1) is 5.10 Å². The summed E-state index contributed by atoms with van der Waals surface area (Å²) in [6, 6.07) is 5.87. The molecule has 2 aromatic rings. The zero-order chi connectivity index (χ0) is 15.6. The van der Waals surface area contributed by atoms with E-state index in [4.69, 9.17) is 18.9 Å². The number of ether oxygens (including phenoxy) is 4. The topological polar surface area (TPSA) is 67.6 Å². The van der Waals surface area contributed by atoms with E-state index in [1.165, 1.54) is 0 Å². The molecule has 0 spiro atoms. The van der Waals surface area contributed by atoms with Crippen LogP contribution >= 0.6 is 0 Å². The first-order chi connectivity index (χ1) is 11.3. The minimum absolute atomic E-state index is 0.0230. The molecule has 2 aliphatic heterocycles. The van der Waals surface area contributed by atoms with Gasteiger partial charge in [0, 0.05) is 12.2 Å². The molecule has 0 unspecified atom stereocenters. The van der Waals surface area contributed by atoms with E-state index >= 15 is 0 Å². The van der Waals surface area contributed by atoms with Crippen molar-refractivity contribution in [3.05, 3.63) is 24.4 Å². The molecule has 0 aliphatic carbocycles. The normalized spacial score (nSPS) is 23.2. The summed E-state index contributed by atoms with van der Waals surface area (Å²) in [6.45, 7) is 4.99. The van der Waals surface area contributed by atoms with Crippen molar-refractivity contribution >= 4 is 0 Å². The van der Waals surface area contributed by atoms with Crippen molar-refractivity contribution in [3.63, 3.8) is 0 Å². The van der Waals surface area contributed by atoms with Crippen molar-refractivity contribution in [2.24, 2.45) is 0 Å². The fraction of sp³-hybridized carbons (Fsp3) is 0.500. The number of benzene rings is 1. The second kappa shape index (κ2) is 6.17. The summed E-state index contributed by atoms with van der Waals surface area (Å²) in [5.74, 6) is 1.52. The Balaban J connectivity index is 1.58. The maximum absolute atomic E-state index is 5.71. The molecule has 1 aromatic carbocycles. The van der Waals surface area contributed by atoms with Crippen LogP contribution < -0.4 is 9.47 Å². The lowest BCUT2D eigenvalue weighted by Gasteiger charge is -2.18. The number of hydrogen-bond donors (Lipinski definition) is 0. The molecule has 0 radical (unpaired) electrons. The van der Waals surface area contributed by atoms with Crippen LogP contribution in [0.2, 0.25) is 0 Å².